The lowest BCUT2D eigenvalue weighted by Gasteiger charge is -2.19. The third-order valence-corrected chi connectivity index (χ3v) is 3.14. The Labute approximate surface area is 116 Å². The third-order valence-electron chi connectivity index (χ3n) is 3.14. The van der Waals surface area contributed by atoms with Gasteiger partial charge in [-0.15, -0.1) is 0 Å². The number of amides is 1. The predicted molar refractivity (Wildman–Crippen MR) is 78.4 cm³/mol. The number of carbonyl (C=O) groups excluding carboxylic acids is 1. The molecule has 3 heteroatoms. The lowest BCUT2D eigenvalue weighted by molar-refractivity contribution is -0.127. The number of ether oxygens (including phenoxy) is 1. The van der Waals surface area contributed by atoms with Gasteiger partial charge >= 0.3 is 0 Å². The van der Waals surface area contributed by atoms with Crippen LogP contribution in [0, 0.1) is 0 Å². The molecule has 0 radical (unpaired) electrons. The van der Waals surface area contributed by atoms with Gasteiger partial charge in [0.2, 0.25) is 0 Å². The first-order valence-electron chi connectivity index (χ1n) is 7.13. The van der Waals surface area contributed by atoms with Gasteiger partial charge in [-0.1, -0.05) is 38.5 Å². The highest BCUT2D eigenvalue weighted by molar-refractivity contribution is 5.81. The number of benzene rings is 1. The average Bonchev–Trinajstić information content (AvgIpc) is 2.39. The summed E-state index contributed by atoms with van der Waals surface area (Å²) in [4.78, 5) is 12.0. The van der Waals surface area contributed by atoms with Crippen molar-refractivity contribution < 1.29 is 9.53 Å². The Balaban J connectivity index is 2.58. The Kier molecular flexibility index (Phi) is 6.40. The van der Waals surface area contributed by atoms with Gasteiger partial charge in [-0.3, -0.25) is 4.79 Å². The molecule has 0 aliphatic heterocycles. The van der Waals surface area contributed by atoms with Crippen molar-refractivity contribution >= 4 is 5.91 Å². The van der Waals surface area contributed by atoms with Gasteiger partial charge in [-0.2, -0.15) is 0 Å². The van der Waals surface area contributed by atoms with Gasteiger partial charge in [0, 0.05) is 6.04 Å². The molecule has 1 rings (SSSR count). The smallest absolute Gasteiger partial charge is 0.260 e. The molecular weight excluding hydrogens is 238 g/mol. The molecule has 19 heavy (non-hydrogen) atoms. The standard InChI is InChI=1S/C16H25NO2/c1-5-9-12(3)17-16(18)13(4)19-15-11-8-7-10-14(15)6-2/h7-8,10-13H,5-6,9H2,1-4H3,(H,17,18)/t12-,13-/m1/s1. The molecule has 1 amide bonds. The van der Waals surface area contributed by atoms with Crippen LogP contribution >= 0.6 is 0 Å². The van der Waals surface area contributed by atoms with E-state index in [9.17, 15) is 4.79 Å². The van der Waals surface area contributed by atoms with Crippen LogP contribution in [0.15, 0.2) is 24.3 Å². The molecule has 0 aliphatic rings. The summed E-state index contributed by atoms with van der Waals surface area (Å²) in [5.74, 6) is 0.752. The quantitative estimate of drug-likeness (QED) is 0.819. The zero-order chi connectivity index (χ0) is 14.3. The number of rotatable bonds is 7. The van der Waals surface area contributed by atoms with E-state index in [1.54, 1.807) is 6.92 Å². The topological polar surface area (TPSA) is 38.3 Å². The Morgan fingerprint density at radius 2 is 1.95 bits per heavy atom. The molecule has 0 saturated heterocycles. The van der Waals surface area contributed by atoms with Crippen molar-refractivity contribution in [3.63, 3.8) is 0 Å². The van der Waals surface area contributed by atoms with Gasteiger partial charge in [-0.25, -0.2) is 0 Å². The van der Waals surface area contributed by atoms with Gasteiger partial charge in [0.15, 0.2) is 6.10 Å². The third kappa shape index (κ3) is 4.93. The lowest BCUT2D eigenvalue weighted by Crippen LogP contribution is -2.41. The molecule has 3 nitrogen and oxygen atoms in total. The Morgan fingerprint density at radius 1 is 1.26 bits per heavy atom. The molecule has 1 aromatic rings. The zero-order valence-electron chi connectivity index (χ0n) is 12.4. The molecule has 0 saturated carbocycles. The fraction of sp³-hybridized carbons (Fsp3) is 0.562. The molecule has 1 N–H and O–H groups in total. The van der Waals surface area contributed by atoms with Crippen molar-refractivity contribution in [2.45, 2.75) is 59.1 Å². The first kappa shape index (κ1) is 15.5. The van der Waals surface area contributed by atoms with Crippen molar-refractivity contribution in [1.29, 1.82) is 0 Å². The van der Waals surface area contributed by atoms with Crippen molar-refractivity contribution in [2.75, 3.05) is 0 Å². The fourth-order valence-electron chi connectivity index (χ4n) is 2.02. The monoisotopic (exact) mass is 263 g/mol. The van der Waals surface area contributed by atoms with E-state index < -0.39 is 6.10 Å². The summed E-state index contributed by atoms with van der Waals surface area (Å²) in [5.41, 5.74) is 1.13. The Hall–Kier alpha value is -1.51. The van der Waals surface area contributed by atoms with E-state index in [0.29, 0.717) is 0 Å². The summed E-state index contributed by atoms with van der Waals surface area (Å²) >= 11 is 0. The van der Waals surface area contributed by atoms with Crippen LogP contribution in [0.1, 0.15) is 46.1 Å². The van der Waals surface area contributed by atoms with Crippen LogP contribution in [-0.4, -0.2) is 18.1 Å². The summed E-state index contributed by atoms with van der Waals surface area (Å²) < 4.78 is 5.77. The molecule has 0 unspecified atom stereocenters. The molecule has 0 heterocycles. The number of para-hydroxylation sites is 1. The van der Waals surface area contributed by atoms with Crippen LogP contribution in [0.2, 0.25) is 0 Å². The molecule has 0 spiro atoms. The number of nitrogens with one attached hydrogen (secondary N) is 1. The molecule has 0 bridgehead atoms. The van der Waals surface area contributed by atoms with E-state index in [2.05, 4.69) is 19.2 Å². The summed E-state index contributed by atoms with van der Waals surface area (Å²) in [5, 5.41) is 2.97. The van der Waals surface area contributed by atoms with E-state index in [1.165, 1.54) is 0 Å². The maximum absolute atomic E-state index is 12.0. The van der Waals surface area contributed by atoms with Gasteiger partial charge in [0.05, 0.1) is 0 Å². The van der Waals surface area contributed by atoms with Crippen LogP contribution in [-0.2, 0) is 11.2 Å². The normalized spacial score (nSPS) is 13.7. The second-order valence-electron chi connectivity index (χ2n) is 4.92. The first-order chi connectivity index (χ1) is 9.08. The molecular formula is C16H25NO2. The molecule has 0 fully saturated rings. The minimum absolute atomic E-state index is 0.0492. The maximum atomic E-state index is 12.0. The maximum Gasteiger partial charge on any atom is 0.260 e. The Morgan fingerprint density at radius 3 is 2.58 bits per heavy atom. The Bertz CT molecular complexity index is 403. The van der Waals surface area contributed by atoms with Gasteiger partial charge in [0.1, 0.15) is 5.75 Å². The highest BCUT2D eigenvalue weighted by Gasteiger charge is 2.17. The van der Waals surface area contributed by atoms with Gasteiger partial charge in [-0.05, 0) is 38.3 Å². The highest BCUT2D eigenvalue weighted by atomic mass is 16.5. The van der Waals surface area contributed by atoms with Crippen LogP contribution in [0.3, 0.4) is 0 Å². The predicted octanol–water partition coefficient (Wildman–Crippen LogP) is 3.32. The summed E-state index contributed by atoms with van der Waals surface area (Å²) in [6, 6.07) is 8.06. The van der Waals surface area contributed by atoms with Crippen molar-refractivity contribution in [3.05, 3.63) is 29.8 Å². The second-order valence-corrected chi connectivity index (χ2v) is 4.92. The SMILES string of the molecule is CCC[C@@H](C)NC(=O)[C@@H](C)Oc1ccccc1CC. The van der Waals surface area contributed by atoms with Crippen LogP contribution in [0.5, 0.6) is 5.75 Å². The van der Waals surface area contributed by atoms with Crippen LogP contribution in [0.25, 0.3) is 0 Å². The van der Waals surface area contributed by atoms with Crippen LogP contribution in [0.4, 0.5) is 0 Å². The number of hydrogen-bond donors (Lipinski definition) is 1. The number of aryl methyl sites for hydroxylation is 1. The molecule has 2 atom stereocenters. The number of hydrogen-bond acceptors (Lipinski definition) is 2. The fourth-order valence-corrected chi connectivity index (χ4v) is 2.02. The van der Waals surface area contributed by atoms with E-state index in [0.717, 1.165) is 30.6 Å². The summed E-state index contributed by atoms with van der Waals surface area (Å²) in [6.07, 6.45) is 2.49. The largest absolute Gasteiger partial charge is 0.481 e. The van der Waals surface area contributed by atoms with E-state index in [-0.39, 0.29) is 11.9 Å². The van der Waals surface area contributed by atoms with Crippen molar-refractivity contribution in [3.8, 4) is 5.75 Å². The first-order valence-corrected chi connectivity index (χ1v) is 7.13. The molecule has 106 valence electrons. The number of carbonyl (C=O) groups is 1. The van der Waals surface area contributed by atoms with E-state index in [4.69, 9.17) is 4.74 Å². The molecule has 0 aromatic heterocycles. The zero-order valence-corrected chi connectivity index (χ0v) is 12.4. The van der Waals surface area contributed by atoms with Gasteiger partial charge in [0.25, 0.3) is 5.91 Å². The summed E-state index contributed by atoms with van der Waals surface area (Å²) in [6.45, 7) is 8.00. The van der Waals surface area contributed by atoms with E-state index in [1.807, 2.05) is 31.2 Å². The highest BCUT2D eigenvalue weighted by Crippen LogP contribution is 2.19. The molecule has 1 aromatic carbocycles. The van der Waals surface area contributed by atoms with Crippen molar-refractivity contribution in [1.82, 2.24) is 5.32 Å². The van der Waals surface area contributed by atoms with Crippen molar-refractivity contribution in [2.24, 2.45) is 0 Å². The summed E-state index contributed by atoms with van der Waals surface area (Å²) in [7, 11) is 0. The van der Waals surface area contributed by atoms with E-state index >= 15 is 0 Å². The minimum Gasteiger partial charge on any atom is -0.481 e. The van der Waals surface area contributed by atoms with Gasteiger partial charge < -0.3 is 10.1 Å². The minimum atomic E-state index is -0.466. The molecule has 0 aliphatic carbocycles. The average molecular weight is 263 g/mol. The lowest BCUT2D eigenvalue weighted by atomic mass is 10.1. The second kappa shape index (κ2) is 7.82. The van der Waals surface area contributed by atoms with Crippen LogP contribution < -0.4 is 10.1 Å².